The molecular weight excluding hydrogens is 496 g/mol. The maximum absolute atomic E-state index is 11.0. The van der Waals surface area contributed by atoms with E-state index in [1.165, 1.54) is 76.0 Å². The molecule has 0 spiro atoms. The minimum absolute atomic E-state index is 0.0284. The first-order chi connectivity index (χ1) is 17.1. The Bertz CT molecular complexity index is 1260. The zero-order chi connectivity index (χ0) is 26.4. The van der Waals surface area contributed by atoms with Gasteiger partial charge in [0.05, 0.1) is 4.90 Å². The number of rotatable bonds is 13. The summed E-state index contributed by atoms with van der Waals surface area (Å²) in [5.74, 6) is 0. The Labute approximate surface area is 216 Å². The predicted molar refractivity (Wildman–Crippen MR) is 146 cm³/mol. The van der Waals surface area contributed by atoms with Crippen molar-refractivity contribution in [2.75, 3.05) is 0 Å². The Hall–Kier alpha value is -2.26. The third-order valence-electron chi connectivity index (χ3n) is 6.07. The van der Waals surface area contributed by atoms with Gasteiger partial charge in [-0.25, -0.2) is 0 Å². The lowest BCUT2D eigenvalue weighted by Gasteiger charge is -2.04. The molecule has 0 amide bonds. The van der Waals surface area contributed by atoms with Crippen LogP contribution in [0.2, 0.25) is 0 Å². The maximum Gasteiger partial charge on any atom is 0.295 e. The van der Waals surface area contributed by atoms with Gasteiger partial charge in [-0.15, -0.1) is 0 Å². The van der Waals surface area contributed by atoms with Crippen LogP contribution in [-0.4, -0.2) is 25.9 Å². The van der Waals surface area contributed by atoms with E-state index < -0.39 is 20.2 Å². The van der Waals surface area contributed by atoms with Gasteiger partial charge in [0.1, 0.15) is 4.90 Å². The topological polar surface area (TPSA) is 109 Å². The van der Waals surface area contributed by atoms with Crippen molar-refractivity contribution < 1.29 is 25.9 Å². The molecule has 8 heteroatoms. The predicted octanol–water partition coefficient (Wildman–Crippen LogP) is 7.48. The van der Waals surface area contributed by atoms with E-state index in [1.807, 2.05) is 6.07 Å². The molecule has 0 bridgehead atoms. The summed E-state index contributed by atoms with van der Waals surface area (Å²) in [5, 5.41) is 1.33. The average molecular weight is 535 g/mol. The average Bonchev–Trinajstić information content (AvgIpc) is 2.84. The summed E-state index contributed by atoms with van der Waals surface area (Å²) in [7, 11) is -8.19. The zero-order valence-electron chi connectivity index (χ0n) is 21.0. The second kappa shape index (κ2) is 15.1. The van der Waals surface area contributed by atoms with Gasteiger partial charge in [-0.3, -0.25) is 9.11 Å². The number of aryl methyl sites for hydroxylation is 1. The Morgan fingerprint density at radius 2 is 1.11 bits per heavy atom. The molecule has 0 atom stereocenters. The number of unbranched alkanes of at least 4 members (excludes halogenated alkanes) is 9. The number of fused-ring (bicyclic) bond motifs is 1. The van der Waals surface area contributed by atoms with Crippen LogP contribution < -0.4 is 0 Å². The van der Waals surface area contributed by atoms with Gasteiger partial charge in [-0.1, -0.05) is 113 Å². The first-order valence-corrected chi connectivity index (χ1v) is 15.5. The summed E-state index contributed by atoms with van der Waals surface area (Å²) in [6.07, 6.45) is 14.1. The lowest BCUT2D eigenvalue weighted by atomic mass is 10.0. The van der Waals surface area contributed by atoms with Crippen molar-refractivity contribution in [2.45, 2.75) is 87.3 Å². The van der Waals surface area contributed by atoms with Crippen molar-refractivity contribution in [1.29, 1.82) is 0 Å². The molecule has 0 radical (unpaired) electrons. The number of hydrogen-bond donors (Lipinski definition) is 2. The third-order valence-corrected chi connectivity index (χ3v) is 7.85. The van der Waals surface area contributed by atoms with Crippen LogP contribution in [0.1, 0.15) is 76.7 Å². The van der Waals surface area contributed by atoms with E-state index in [-0.39, 0.29) is 9.79 Å². The third kappa shape index (κ3) is 10.8. The molecule has 0 aliphatic rings. The fourth-order valence-corrected chi connectivity index (χ4v) is 5.26. The van der Waals surface area contributed by atoms with Crippen molar-refractivity contribution in [3.63, 3.8) is 0 Å². The highest BCUT2D eigenvalue weighted by Crippen LogP contribution is 2.22. The van der Waals surface area contributed by atoms with Gasteiger partial charge < -0.3 is 0 Å². The minimum atomic E-state index is -4.13. The SMILES string of the molecule is CCCCCCCCCCCCc1ccc(S(=O)(=O)O)cc1.O=S(=O)(O)c1cccc2ccccc12. The first kappa shape index (κ1) is 30.0. The summed E-state index contributed by atoms with van der Waals surface area (Å²) in [6, 6.07) is 18.3. The van der Waals surface area contributed by atoms with Gasteiger partial charge in [0.25, 0.3) is 20.2 Å². The molecule has 0 saturated heterocycles. The van der Waals surface area contributed by atoms with Gasteiger partial charge in [0.2, 0.25) is 0 Å². The molecule has 0 aromatic heterocycles. The Kier molecular flexibility index (Phi) is 12.6. The summed E-state index contributed by atoms with van der Waals surface area (Å²) in [5.41, 5.74) is 1.13. The van der Waals surface area contributed by atoms with Crippen molar-refractivity contribution >= 4 is 31.0 Å². The van der Waals surface area contributed by atoms with Gasteiger partial charge in [-0.2, -0.15) is 16.8 Å². The standard InChI is InChI=1S/C18H30O3S.C10H8O3S/c1-2-3-4-5-6-7-8-9-10-11-12-17-13-15-18(16-14-17)22(19,20)21;11-14(12,13)10-7-3-5-8-4-1-2-6-9(8)10/h13-16H,2-12H2,1H3,(H,19,20,21);1-7H,(H,11,12,13). The lowest BCUT2D eigenvalue weighted by Crippen LogP contribution is -1.98. The monoisotopic (exact) mass is 534 g/mol. The Morgan fingerprint density at radius 3 is 1.67 bits per heavy atom. The van der Waals surface area contributed by atoms with E-state index in [1.54, 1.807) is 42.5 Å². The highest BCUT2D eigenvalue weighted by Gasteiger charge is 2.12. The molecule has 3 aromatic carbocycles. The molecular formula is C28H38O6S2. The molecule has 0 heterocycles. The van der Waals surface area contributed by atoms with E-state index in [9.17, 15) is 16.8 Å². The van der Waals surface area contributed by atoms with Gasteiger partial charge in [0.15, 0.2) is 0 Å². The van der Waals surface area contributed by atoms with Crippen LogP contribution in [-0.2, 0) is 26.7 Å². The number of hydrogen-bond acceptors (Lipinski definition) is 4. The van der Waals surface area contributed by atoms with Crippen molar-refractivity contribution in [1.82, 2.24) is 0 Å². The number of benzene rings is 3. The van der Waals surface area contributed by atoms with Gasteiger partial charge >= 0.3 is 0 Å². The van der Waals surface area contributed by atoms with Crippen LogP contribution in [0.4, 0.5) is 0 Å². The molecule has 0 aliphatic carbocycles. The first-order valence-electron chi connectivity index (χ1n) is 12.6. The van der Waals surface area contributed by atoms with Crippen LogP contribution in [0.5, 0.6) is 0 Å². The molecule has 3 rings (SSSR count). The quantitative estimate of drug-likeness (QED) is 0.174. The van der Waals surface area contributed by atoms with E-state index in [0.29, 0.717) is 5.39 Å². The molecule has 0 aliphatic heterocycles. The second-order valence-corrected chi connectivity index (χ2v) is 11.8. The summed E-state index contributed by atoms with van der Waals surface area (Å²) < 4.78 is 61.8. The van der Waals surface area contributed by atoms with Crippen LogP contribution in [0.3, 0.4) is 0 Å². The van der Waals surface area contributed by atoms with Gasteiger partial charge in [-0.05, 0) is 42.0 Å². The molecule has 0 unspecified atom stereocenters. The van der Waals surface area contributed by atoms with Crippen LogP contribution in [0.25, 0.3) is 10.8 Å². The highest BCUT2D eigenvalue weighted by atomic mass is 32.2. The normalized spacial score (nSPS) is 11.8. The fourth-order valence-electron chi connectivity index (χ4n) is 4.07. The minimum Gasteiger partial charge on any atom is -0.282 e. The highest BCUT2D eigenvalue weighted by molar-refractivity contribution is 7.86. The van der Waals surface area contributed by atoms with Crippen molar-refractivity contribution in [3.8, 4) is 0 Å². The van der Waals surface area contributed by atoms with Crippen LogP contribution in [0, 0.1) is 0 Å². The van der Waals surface area contributed by atoms with Crippen molar-refractivity contribution in [3.05, 3.63) is 72.3 Å². The van der Waals surface area contributed by atoms with E-state index in [4.69, 9.17) is 9.11 Å². The van der Waals surface area contributed by atoms with E-state index in [2.05, 4.69) is 6.92 Å². The van der Waals surface area contributed by atoms with Gasteiger partial charge in [0, 0.05) is 5.39 Å². The molecule has 0 saturated carbocycles. The smallest absolute Gasteiger partial charge is 0.282 e. The lowest BCUT2D eigenvalue weighted by molar-refractivity contribution is 0.481. The second-order valence-electron chi connectivity index (χ2n) is 9.00. The molecule has 6 nitrogen and oxygen atoms in total. The largest absolute Gasteiger partial charge is 0.295 e. The summed E-state index contributed by atoms with van der Waals surface area (Å²) in [4.78, 5) is -0.0741. The molecule has 36 heavy (non-hydrogen) atoms. The fraction of sp³-hybridized carbons (Fsp3) is 0.429. The molecule has 2 N–H and O–H groups in total. The van der Waals surface area contributed by atoms with Crippen LogP contribution >= 0.6 is 0 Å². The summed E-state index contributed by atoms with van der Waals surface area (Å²) in [6.45, 7) is 2.25. The van der Waals surface area contributed by atoms with Crippen molar-refractivity contribution in [2.24, 2.45) is 0 Å². The Balaban J connectivity index is 0.000000278. The van der Waals surface area contributed by atoms with E-state index in [0.717, 1.165) is 23.8 Å². The molecule has 198 valence electrons. The maximum atomic E-state index is 11.0. The summed E-state index contributed by atoms with van der Waals surface area (Å²) >= 11 is 0. The van der Waals surface area contributed by atoms with Crippen LogP contribution in [0.15, 0.2) is 76.5 Å². The molecule has 3 aromatic rings. The van der Waals surface area contributed by atoms with E-state index >= 15 is 0 Å². The zero-order valence-corrected chi connectivity index (χ0v) is 22.6. The molecule has 0 fully saturated rings. The Morgan fingerprint density at radius 1 is 0.583 bits per heavy atom.